The van der Waals surface area contributed by atoms with Gasteiger partial charge in [0.15, 0.2) is 0 Å². The minimum atomic E-state index is -0.420. The first kappa shape index (κ1) is 32.8. The maximum absolute atomic E-state index is 12.3. The van der Waals surface area contributed by atoms with E-state index in [0.29, 0.717) is 25.9 Å². The summed E-state index contributed by atoms with van der Waals surface area (Å²) in [6, 6.07) is 14.3. The van der Waals surface area contributed by atoms with E-state index in [2.05, 4.69) is 49.6 Å². The number of amides is 2. The van der Waals surface area contributed by atoms with E-state index in [9.17, 15) is 9.59 Å². The Morgan fingerprint density at radius 2 is 1.14 bits per heavy atom. The van der Waals surface area contributed by atoms with E-state index in [1.165, 1.54) is 5.56 Å². The number of rotatable bonds is 17. The van der Waals surface area contributed by atoms with Gasteiger partial charge in [0, 0.05) is 34.6 Å². The molecule has 0 aliphatic heterocycles. The number of hydrogen-bond acceptors (Lipinski definition) is 6. The molecule has 3 rings (SSSR count). The molecule has 0 radical (unpaired) electrons. The summed E-state index contributed by atoms with van der Waals surface area (Å²) in [7, 11) is 0. The number of hydrogen-bond donors (Lipinski definition) is 2. The Morgan fingerprint density at radius 1 is 0.667 bits per heavy atom. The Bertz CT molecular complexity index is 1290. The molecule has 8 heteroatoms. The third-order valence-corrected chi connectivity index (χ3v) is 7.28. The van der Waals surface area contributed by atoms with Crippen LogP contribution < -0.4 is 20.1 Å². The number of nitrogens with one attached hydrogen (secondary N) is 2. The smallest absolute Gasteiger partial charge is 0.407 e. The van der Waals surface area contributed by atoms with Gasteiger partial charge in [-0.1, -0.05) is 83.9 Å². The Balaban J connectivity index is 1.89. The zero-order valence-corrected chi connectivity index (χ0v) is 25.9. The molecule has 230 valence electrons. The first-order valence-corrected chi connectivity index (χ1v) is 15.6. The predicted octanol–water partition coefficient (Wildman–Crippen LogP) is 7.92. The maximum Gasteiger partial charge on any atom is 0.407 e. The van der Waals surface area contributed by atoms with E-state index in [4.69, 9.17) is 18.9 Å². The van der Waals surface area contributed by atoms with Crippen LogP contribution in [0.4, 0.5) is 9.59 Å². The minimum absolute atomic E-state index is 0.228. The summed E-state index contributed by atoms with van der Waals surface area (Å²) in [5.41, 5.74) is 1.17. The third-order valence-electron chi connectivity index (χ3n) is 7.28. The molecule has 0 fully saturated rings. The summed E-state index contributed by atoms with van der Waals surface area (Å²) in [4.78, 5) is 24.6. The van der Waals surface area contributed by atoms with Gasteiger partial charge in [-0.3, -0.25) is 0 Å². The number of ether oxygens (including phenoxy) is 4. The largest absolute Gasteiger partial charge is 0.488 e. The molecule has 2 amide bonds. The van der Waals surface area contributed by atoms with Crippen LogP contribution in [0, 0.1) is 0 Å². The molecule has 0 aromatic heterocycles. The van der Waals surface area contributed by atoms with Crippen molar-refractivity contribution in [2.45, 2.75) is 91.8 Å². The first-order chi connectivity index (χ1) is 20.4. The van der Waals surface area contributed by atoms with Crippen LogP contribution >= 0.6 is 0 Å². The van der Waals surface area contributed by atoms with Gasteiger partial charge >= 0.3 is 12.2 Å². The van der Waals surface area contributed by atoms with E-state index in [1.54, 1.807) is 0 Å². The summed E-state index contributed by atoms with van der Waals surface area (Å²) in [6.07, 6.45) is 4.32. The summed E-state index contributed by atoms with van der Waals surface area (Å²) in [5, 5.41) is 9.27. The van der Waals surface area contributed by atoms with Crippen molar-refractivity contribution in [1.82, 2.24) is 10.6 Å². The van der Waals surface area contributed by atoms with Crippen LogP contribution in [0.25, 0.3) is 21.5 Å². The lowest BCUT2D eigenvalue weighted by Gasteiger charge is -2.22. The molecule has 2 N–H and O–H groups in total. The average molecular weight is 581 g/mol. The highest BCUT2D eigenvalue weighted by molar-refractivity contribution is 6.11. The molecule has 2 atom stereocenters. The monoisotopic (exact) mass is 580 g/mol. The highest BCUT2D eigenvalue weighted by Gasteiger charge is 2.21. The summed E-state index contributed by atoms with van der Waals surface area (Å²) >= 11 is 0. The van der Waals surface area contributed by atoms with Gasteiger partial charge in [-0.05, 0) is 43.7 Å². The number of alkyl carbamates (subject to hydrolysis) is 2. The van der Waals surface area contributed by atoms with Crippen LogP contribution in [-0.4, -0.2) is 50.7 Å². The number of unbranched alkanes of at least 4 members (excludes halogenated alkanes) is 2. The molecular formula is C34H48N2O6. The fourth-order valence-corrected chi connectivity index (χ4v) is 4.62. The van der Waals surface area contributed by atoms with Crippen molar-refractivity contribution < 1.29 is 28.5 Å². The number of aryl methyl sites for hydroxylation is 1. The van der Waals surface area contributed by atoms with Gasteiger partial charge in [-0.25, -0.2) is 9.59 Å². The Kier molecular flexibility index (Phi) is 13.5. The van der Waals surface area contributed by atoms with Crippen LogP contribution in [-0.2, 0) is 15.9 Å². The van der Waals surface area contributed by atoms with Crippen LogP contribution in [0.15, 0.2) is 42.5 Å². The SMILES string of the molecule is CCCCNC(=O)OC(CC)COc1c2ccccc2c(OCC(CC)OC(=O)NCCCC)c2cc(CC)ccc12. The summed E-state index contributed by atoms with van der Waals surface area (Å²) in [6.45, 7) is 11.9. The highest BCUT2D eigenvalue weighted by Crippen LogP contribution is 2.43. The Morgan fingerprint density at radius 3 is 1.60 bits per heavy atom. The molecule has 3 aromatic rings. The zero-order valence-electron chi connectivity index (χ0n) is 25.9. The van der Waals surface area contributed by atoms with Crippen molar-refractivity contribution >= 4 is 33.7 Å². The molecule has 2 unspecified atom stereocenters. The van der Waals surface area contributed by atoms with Gasteiger partial charge in [0.2, 0.25) is 0 Å². The minimum Gasteiger partial charge on any atom is -0.488 e. The van der Waals surface area contributed by atoms with E-state index >= 15 is 0 Å². The maximum atomic E-state index is 12.3. The molecule has 0 aliphatic rings. The summed E-state index contributed by atoms with van der Waals surface area (Å²) < 4.78 is 24.2. The normalized spacial score (nSPS) is 12.5. The fourth-order valence-electron chi connectivity index (χ4n) is 4.62. The molecule has 42 heavy (non-hydrogen) atoms. The summed E-state index contributed by atoms with van der Waals surface area (Å²) in [5.74, 6) is 1.46. The molecule has 0 bridgehead atoms. The van der Waals surface area contributed by atoms with Crippen molar-refractivity contribution in [2.24, 2.45) is 0 Å². The number of benzene rings is 3. The van der Waals surface area contributed by atoms with E-state index in [-0.39, 0.29) is 13.2 Å². The highest BCUT2D eigenvalue weighted by atomic mass is 16.6. The number of carbonyl (C=O) groups excluding carboxylic acids is 2. The second-order valence-corrected chi connectivity index (χ2v) is 10.5. The topological polar surface area (TPSA) is 95.1 Å². The first-order valence-electron chi connectivity index (χ1n) is 15.6. The van der Waals surface area contributed by atoms with E-state index < -0.39 is 24.4 Å². The number of fused-ring (bicyclic) bond motifs is 2. The van der Waals surface area contributed by atoms with E-state index in [1.807, 2.05) is 38.1 Å². The molecule has 3 aromatic carbocycles. The van der Waals surface area contributed by atoms with Crippen LogP contribution in [0.2, 0.25) is 0 Å². The zero-order chi connectivity index (χ0) is 30.3. The quantitative estimate of drug-likeness (QED) is 0.124. The van der Waals surface area contributed by atoms with E-state index in [0.717, 1.165) is 65.1 Å². The van der Waals surface area contributed by atoms with Crippen molar-refractivity contribution in [3.05, 3.63) is 48.0 Å². The molecule has 0 saturated carbocycles. The van der Waals surface area contributed by atoms with Gasteiger partial charge < -0.3 is 29.6 Å². The number of carbonyl (C=O) groups is 2. The van der Waals surface area contributed by atoms with Gasteiger partial charge in [0.1, 0.15) is 36.9 Å². The second kappa shape index (κ2) is 17.3. The standard InChI is InChI=1S/C34H48N2O6/c1-6-11-19-35-33(37)41-25(9-4)22-39-31-27-15-13-14-16-28(27)32(30-21-24(8-3)17-18-29(30)31)40-23-26(10-5)42-34(38)36-20-12-7-2/h13-18,21,25-26H,6-12,19-20,22-23H2,1-5H3,(H,35,37)(H,36,38). The van der Waals surface area contributed by atoms with Crippen molar-refractivity contribution in [1.29, 1.82) is 0 Å². The molecule has 0 saturated heterocycles. The van der Waals surface area contributed by atoms with Crippen molar-refractivity contribution in [3.63, 3.8) is 0 Å². The van der Waals surface area contributed by atoms with Gasteiger partial charge in [-0.2, -0.15) is 0 Å². The second-order valence-electron chi connectivity index (χ2n) is 10.5. The third kappa shape index (κ3) is 9.16. The van der Waals surface area contributed by atoms with Crippen LogP contribution in [0.5, 0.6) is 11.5 Å². The van der Waals surface area contributed by atoms with Gasteiger partial charge in [0.05, 0.1) is 0 Å². The molecular weight excluding hydrogens is 532 g/mol. The van der Waals surface area contributed by atoms with Crippen molar-refractivity contribution in [3.8, 4) is 11.5 Å². The Labute approximate surface area is 250 Å². The molecule has 8 nitrogen and oxygen atoms in total. The van der Waals surface area contributed by atoms with Gasteiger partial charge in [0.25, 0.3) is 0 Å². The predicted molar refractivity (Wildman–Crippen MR) is 169 cm³/mol. The average Bonchev–Trinajstić information content (AvgIpc) is 3.01. The van der Waals surface area contributed by atoms with Crippen LogP contribution in [0.1, 0.15) is 78.7 Å². The Hall–Kier alpha value is -3.68. The molecule has 0 aliphatic carbocycles. The van der Waals surface area contributed by atoms with Crippen LogP contribution in [0.3, 0.4) is 0 Å². The lowest BCUT2D eigenvalue weighted by Crippen LogP contribution is -2.32. The molecule has 0 heterocycles. The van der Waals surface area contributed by atoms with Gasteiger partial charge in [-0.15, -0.1) is 0 Å². The fraction of sp³-hybridized carbons (Fsp3) is 0.529. The molecule has 0 spiro atoms. The lowest BCUT2D eigenvalue weighted by molar-refractivity contribution is 0.0628. The van der Waals surface area contributed by atoms with Crippen molar-refractivity contribution in [2.75, 3.05) is 26.3 Å². The lowest BCUT2D eigenvalue weighted by atomic mass is 9.98.